The van der Waals surface area contributed by atoms with Crippen molar-refractivity contribution in [3.63, 3.8) is 0 Å². The molecule has 1 aliphatic heterocycles. The van der Waals surface area contributed by atoms with E-state index in [9.17, 15) is 21.2 Å². The van der Waals surface area contributed by atoms with Gasteiger partial charge in [0.15, 0.2) is 0 Å². The summed E-state index contributed by atoms with van der Waals surface area (Å²) in [6.45, 7) is 2.53. The van der Waals surface area contributed by atoms with E-state index in [2.05, 4.69) is 4.72 Å². The number of benzene rings is 2. The number of piperidine rings is 1. The highest BCUT2D eigenvalue weighted by atomic mass is 35.5. The lowest BCUT2D eigenvalue weighted by atomic mass is 10.2. The fourth-order valence-electron chi connectivity index (χ4n) is 3.08. The molecule has 0 saturated carbocycles. The summed E-state index contributed by atoms with van der Waals surface area (Å²) < 4.78 is 68.3. The van der Waals surface area contributed by atoms with Crippen LogP contribution in [0.25, 0.3) is 0 Å². The third-order valence-electron chi connectivity index (χ3n) is 4.56. The van der Waals surface area contributed by atoms with Crippen LogP contribution >= 0.6 is 11.6 Å². The van der Waals surface area contributed by atoms with Gasteiger partial charge in [0, 0.05) is 13.1 Å². The van der Waals surface area contributed by atoms with E-state index in [0.29, 0.717) is 18.7 Å². The zero-order valence-electron chi connectivity index (χ0n) is 15.2. The molecule has 0 aliphatic carbocycles. The standard InChI is InChI=1S/C18H20ClFN2O4S2/c1-13-5-7-15(12-17(13)28(25,26)22-9-3-2-4-10-22)21-27(23,24)18-11-14(20)6-8-16(18)19/h5-8,11-12,21H,2-4,9-10H2,1H3. The number of nitrogens with zero attached hydrogens (tertiary/aromatic N) is 1. The molecule has 0 unspecified atom stereocenters. The first-order valence-corrected chi connectivity index (χ1v) is 12.0. The summed E-state index contributed by atoms with van der Waals surface area (Å²) in [6, 6.07) is 7.27. The molecule has 0 atom stereocenters. The molecular formula is C18H20ClFN2O4S2. The van der Waals surface area contributed by atoms with Gasteiger partial charge in [0.25, 0.3) is 10.0 Å². The first-order valence-electron chi connectivity index (χ1n) is 8.70. The zero-order valence-corrected chi connectivity index (χ0v) is 17.5. The number of nitrogens with one attached hydrogen (secondary N) is 1. The molecule has 1 aliphatic rings. The Bertz CT molecular complexity index is 1100. The minimum atomic E-state index is -4.20. The highest BCUT2D eigenvalue weighted by Crippen LogP contribution is 2.29. The van der Waals surface area contributed by atoms with Crippen LogP contribution in [0.4, 0.5) is 10.1 Å². The Morgan fingerprint density at radius 2 is 1.64 bits per heavy atom. The molecule has 0 radical (unpaired) electrons. The van der Waals surface area contributed by atoms with Crippen LogP contribution in [0.1, 0.15) is 24.8 Å². The summed E-state index contributed by atoms with van der Waals surface area (Å²) >= 11 is 5.89. The molecule has 0 bridgehead atoms. The number of hydrogen-bond acceptors (Lipinski definition) is 4. The fourth-order valence-corrected chi connectivity index (χ4v) is 6.41. The van der Waals surface area contributed by atoms with Crippen LogP contribution in [0.3, 0.4) is 0 Å². The van der Waals surface area contributed by atoms with Gasteiger partial charge < -0.3 is 0 Å². The molecule has 2 aromatic carbocycles. The van der Waals surface area contributed by atoms with Gasteiger partial charge in [-0.25, -0.2) is 21.2 Å². The quantitative estimate of drug-likeness (QED) is 0.757. The second-order valence-electron chi connectivity index (χ2n) is 6.63. The number of halogens is 2. The highest BCUT2D eigenvalue weighted by Gasteiger charge is 2.28. The summed E-state index contributed by atoms with van der Waals surface area (Å²) in [5.41, 5.74) is 0.568. The van der Waals surface area contributed by atoms with Gasteiger partial charge in [0.05, 0.1) is 15.6 Å². The van der Waals surface area contributed by atoms with E-state index in [0.717, 1.165) is 37.5 Å². The average molecular weight is 447 g/mol. The van der Waals surface area contributed by atoms with E-state index in [1.807, 2.05) is 0 Å². The molecule has 3 rings (SSSR count). The molecule has 1 heterocycles. The molecule has 2 aromatic rings. The molecule has 1 fully saturated rings. The van der Waals surface area contributed by atoms with Crippen molar-refractivity contribution in [2.24, 2.45) is 0 Å². The van der Waals surface area contributed by atoms with Crippen molar-refractivity contribution in [3.05, 3.63) is 52.8 Å². The summed E-state index contributed by atoms with van der Waals surface area (Å²) in [6.07, 6.45) is 2.57. The predicted molar refractivity (Wildman–Crippen MR) is 106 cm³/mol. The summed E-state index contributed by atoms with van der Waals surface area (Å²) in [5, 5.41) is -0.137. The van der Waals surface area contributed by atoms with Gasteiger partial charge in [-0.1, -0.05) is 24.1 Å². The van der Waals surface area contributed by atoms with Crippen molar-refractivity contribution in [3.8, 4) is 0 Å². The van der Waals surface area contributed by atoms with Crippen molar-refractivity contribution in [2.75, 3.05) is 17.8 Å². The van der Waals surface area contributed by atoms with Crippen LogP contribution in [-0.2, 0) is 20.0 Å². The Kier molecular flexibility index (Phi) is 6.00. The normalized spacial score (nSPS) is 16.1. The Morgan fingerprint density at radius 1 is 0.964 bits per heavy atom. The van der Waals surface area contributed by atoms with E-state index >= 15 is 0 Å². The van der Waals surface area contributed by atoms with Crippen LogP contribution < -0.4 is 4.72 Å². The predicted octanol–water partition coefficient (Wildman–Crippen LogP) is 3.76. The minimum absolute atomic E-state index is 0.0416. The number of rotatable bonds is 5. The molecule has 28 heavy (non-hydrogen) atoms. The number of sulfonamides is 2. The third-order valence-corrected chi connectivity index (χ3v) is 8.46. The van der Waals surface area contributed by atoms with E-state index in [1.165, 1.54) is 22.5 Å². The zero-order chi connectivity index (χ0) is 20.5. The van der Waals surface area contributed by atoms with Crippen molar-refractivity contribution in [2.45, 2.75) is 36.0 Å². The maximum Gasteiger partial charge on any atom is 0.263 e. The van der Waals surface area contributed by atoms with Gasteiger partial charge in [-0.3, -0.25) is 4.72 Å². The second kappa shape index (κ2) is 7.98. The van der Waals surface area contributed by atoms with E-state index in [1.54, 1.807) is 6.92 Å². The van der Waals surface area contributed by atoms with Crippen molar-refractivity contribution < 1.29 is 21.2 Å². The molecule has 1 N–H and O–H groups in total. The minimum Gasteiger partial charge on any atom is -0.280 e. The highest BCUT2D eigenvalue weighted by molar-refractivity contribution is 7.93. The Morgan fingerprint density at radius 3 is 2.32 bits per heavy atom. The van der Waals surface area contributed by atoms with Crippen LogP contribution in [0.2, 0.25) is 5.02 Å². The largest absolute Gasteiger partial charge is 0.280 e. The second-order valence-corrected chi connectivity index (χ2v) is 10.6. The van der Waals surface area contributed by atoms with Gasteiger partial charge in [-0.15, -0.1) is 0 Å². The maximum atomic E-state index is 13.5. The van der Waals surface area contributed by atoms with Gasteiger partial charge in [-0.05, 0) is 55.7 Å². The van der Waals surface area contributed by atoms with E-state index < -0.39 is 30.8 Å². The number of aryl methyl sites for hydroxylation is 1. The monoisotopic (exact) mass is 446 g/mol. The molecule has 10 heteroatoms. The van der Waals surface area contributed by atoms with E-state index in [4.69, 9.17) is 11.6 Å². The summed E-state index contributed by atoms with van der Waals surface area (Å²) in [7, 11) is -7.93. The molecule has 0 aromatic heterocycles. The molecule has 6 nitrogen and oxygen atoms in total. The Hall–Kier alpha value is -1.68. The topological polar surface area (TPSA) is 83.5 Å². The van der Waals surface area contributed by atoms with Crippen LogP contribution in [0.15, 0.2) is 46.2 Å². The molecule has 1 saturated heterocycles. The molecule has 0 spiro atoms. The number of anilines is 1. The summed E-state index contributed by atoms with van der Waals surface area (Å²) in [5.74, 6) is -0.748. The molecular weight excluding hydrogens is 427 g/mol. The lowest BCUT2D eigenvalue weighted by Gasteiger charge is -2.26. The smallest absolute Gasteiger partial charge is 0.263 e. The first-order chi connectivity index (χ1) is 13.1. The fraction of sp³-hybridized carbons (Fsp3) is 0.333. The maximum absolute atomic E-state index is 13.5. The Balaban J connectivity index is 1.96. The Labute approximate surface area is 169 Å². The first kappa shape index (κ1) is 21.0. The van der Waals surface area contributed by atoms with Crippen molar-refractivity contribution >= 4 is 37.3 Å². The lowest BCUT2D eigenvalue weighted by molar-refractivity contribution is 0.346. The van der Waals surface area contributed by atoms with Gasteiger partial charge >= 0.3 is 0 Å². The van der Waals surface area contributed by atoms with Gasteiger partial charge in [0.2, 0.25) is 10.0 Å². The lowest BCUT2D eigenvalue weighted by Crippen LogP contribution is -2.36. The average Bonchev–Trinajstić information content (AvgIpc) is 2.65. The van der Waals surface area contributed by atoms with Crippen LogP contribution in [0.5, 0.6) is 0 Å². The number of hydrogen-bond donors (Lipinski definition) is 1. The van der Waals surface area contributed by atoms with Gasteiger partial charge in [0.1, 0.15) is 10.7 Å². The van der Waals surface area contributed by atoms with Crippen LogP contribution in [0, 0.1) is 12.7 Å². The van der Waals surface area contributed by atoms with Gasteiger partial charge in [-0.2, -0.15) is 4.31 Å². The van der Waals surface area contributed by atoms with E-state index in [-0.39, 0.29) is 15.6 Å². The molecule has 152 valence electrons. The SMILES string of the molecule is Cc1ccc(NS(=O)(=O)c2cc(F)ccc2Cl)cc1S(=O)(=O)N1CCCCC1. The van der Waals surface area contributed by atoms with Crippen molar-refractivity contribution in [1.29, 1.82) is 0 Å². The summed E-state index contributed by atoms with van der Waals surface area (Å²) in [4.78, 5) is -0.380. The third kappa shape index (κ3) is 4.32. The molecule has 0 amide bonds. The van der Waals surface area contributed by atoms with Crippen LogP contribution in [-0.4, -0.2) is 34.2 Å². The van der Waals surface area contributed by atoms with Crippen molar-refractivity contribution in [1.82, 2.24) is 4.31 Å².